The Morgan fingerprint density at radius 1 is 1.41 bits per heavy atom. The Balaban J connectivity index is 2.66. The molecule has 0 aliphatic heterocycles. The van der Waals surface area contributed by atoms with Crippen LogP contribution in [-0.4, -0.2) is 39.9 Å². The van der Waals surface area contributed by atoms with E-state index in [0.29, 0.717) is 0 Å². The molecule has 0 spiro atoms. The van der Waals surface area contributed by atoms with Crippen LogP contribution in [0.25, 0.3) is 0 Å². The summed E-state index contributed by atoms with van der Waals surface area (Å²) in [5, 5.41) is 9.35. The summed E-state index contributed by atoms with van der Waals surface area (Å²) < 4.78 is 31.6. The molecule has 1 atom stereocenters. The first-order valence-electron chi connectivity index (χ1n) is 4.88. The lowest BCUT2D eigenvalue weighted by molar-refractivity contribution is 0.0679. The fourth-order valence-corrected chi connectivity index (χ4v) is 2.59. The van der Waals surface area contributed by atoms with Gasteiger partial charge >= 0.3 is 0 Å². The van der Waals surface area contributed by atoms with Crippen molar-refractivity contribution < 1.29 is 18.3 Å². The van der Waals surface area contributed by atoms with Crippen molar-refractivity contribution in [2.75, 3.05) is 20.3 Å². The fourth-order valence-electron chi connectivity index (χ4n) is 1.15. The predicted octanol–water partition coefficient (Wildman–Crippen LogP) is 0.577. The van der Waals surface area contributed by atoms with Crippen LogP contribution in [-0.2, 0) is 14.8 Å². The van der Waals surface area contributed by atoms with E-state index in [1.807, 2.05) is 0 Å². The highest BCUT2D eigenvalue weighted by Gasteiger charge is 2.15. The van der Waals surface area contributed by atoms with E-state index in [1.54, 1.807) is 12.1 Å². The first-order chi connectivity index (χ1) is 7.95. The molecule has 0 heterocycles. The zero-order valence-corrected chi connectivity index (χ0v) is 12.2. The normalized spacial score (nSPS) is 13.6. The standard InChI is InChI=1S/C10H14INO4S/c1-16-7-9(13)6-12-17(14,15)10-4-2-8(11)3-5-10/h2-5,9,12-13H,6-7H2,1H3. The first kappa shape index (κ1) is 14.8. The molecule has 0 aliphatic rings. The highest BCUT2D eigenvalue weighted by Crippen LogP contribution is 2.11. The summed E-state index contributed by atoms with van der Waals surface area (Å²) in [4.78, 5) is 0.183. The number of hydrogen-bond acceptors (Lipinski definition) is 4. The van der Waals surface area contributed by atoms with Crippen LogP contribution in [0.3, 0.4) is 0 Å². The third-order valence-electron chi connectivity index (χ3n) is 1.99. The summed E-state index contributed by atoms with van der Waals surface area (Å²) in [5.74, 6) is 0. The van der Waals surface area contributed by atoms with E-state index in [1.165, 1.54) is 19.2 Å². The van der Waals surface area contributed by atoms with Gasteiger partial charge in [0, 0.05) is 17.2 Å². The molecule has 5 nitrogen and oxygen atoms in total. The maximum Gasteiger partial charge on any atom is 0.240 e. The Kier molecular flexibility index (Phi) is 5.80. The van der Waals surface area contributed by atoms with E-state index in [-0.39, 0.29) is 18.0 Å². The molecule has 0 amide bonds. The predicted molar refractivity (Wildman–Crippen MR) is 72.2 cm³/mol. The zero-order valence-electron chi connectivity index (χ0n) is 9.26. The number of nitrogens with one attached hydrogen (secondary N) is 1. The van der Waals surface area contributed by atoms with Gasteiger partial charge in [0.05, 0.1) is 17.6 Å². The topological polar surface area (TPSA) is 75.6 Å². The monoisotopic (exact) mass is 371 g/mol. The van der Waals surface area contributed by atoms with Crippen molar-refractivity contribution >= 4 is 32.6 Å². The van der Waals surface area contributed by atoms with Gasteiger partial charge < -0.3 is 9.84 Å². The fraction of sp³-hybridized carbons (Fsp3) is 0.400. The lowest BCUT2D eigenvalue weighted by Crippen LogP contribution is -2.34. The third-order valence-corrected chi connectivity index (χ3v) is 4.15. The van der Waals surface area contributed by atoms with E-state index in [2.05, 4.69) is 27.3 Å². The SMILES string of the molecule is COCC(O)CNS(=O)(=O)c1ccc(I)cc1. The number of benzene rings is 1. The minimum Gasteiger partial charge on any atom is -0.389 e. The summed E-state index contributed by atoms with van der Waals surface area (Å²) in [5.41, 5.74) is 0. The Hall–Kier alpha value is -0.220. The lowest BCUT2D eigenvalue weighted by Gasteiger charge is -2.11. The van der Waals surface area contributed by atoms with Crippen molar-refractivity contribution in [2.45, 2.75) is 11.0 Å². The number of aliphatic hydroxyl groups is 1. The Morgan fingerprint density at radius 2 is 2.00 bits per heavy atom. The molecule has 0 bridgehead atoms. The summed E-state index contributed by atoms with van der Waals surface area (Å²) in [6.45, 7) is 0.0252. The van der Waals surface area contributed by atoms with Crippen LogP contribution >= 0.6 is 22.6 Å². The van der Waals surface area contributed by atoms with Crippen molar-refractivity contribution in [3.63, 3.8) is 0 Å². The molecule has 1 rings (SSSR count). The summed E-state index contributed by atoms with van der Waals surface area (Å²) >= 11 is 2.10. The zero-order chi connectivity index (χ0) is 12.9. The molecule has 0 fully saturated rings. The second-order valence-corrected chi connectivity index (χ2v) is 6.43. The van der Waals surface area contributed by atoms with Crippen molar-refractivity contribution in [2.24, 2.45) is 0 Å². The molecule has 1 aromatic carbocycles. The average molecular weight is 371 g/mol. The molecule has 17 heavy (non-hydrogen) atoms. The molecular formula is C10H14INO4S. The molecule has 0 aromatic heterocycles. The van der Waals surface area contributed by atoms with Crippen LogP contribution in [0.15, 0.2) is 29.2 Å². The van der Waals surface area contributed by atoms with E-state index in [4.69, 9.17) is 4.74 Å². The largest absolute Gasteiger partial charge is 0.389 e. The van der Waals surface area contributed by atoms with E-state index < -0.39 is 16.1 Å². The smallest absolute Gasteiger partial charge is 0.240 e. The molecule has 1 unspecified atom stereocenters. The number of aliphatic hydroxyl groups excluding tert-OH is 1. The number of hydrogen-bond donors (Lipinski definition) is 2. The molecular weight excluding hydrogens is 357 g/mol. The van der Waals surface area contributed by atoms with Gasteiger partial charge in [-0.3, -0.25) is 0 Å². The van der Waals surface area contributed by atoms with Gasteiger partial charge in [0.1, 0.15) is 0 Å². The van der Waals surface area contributed by atoms with Crippen LogP contribution in [0.1, 0.15) is 0 Å². The van der Waals surface area contributed by atoms with Crippen LogP contribution in [0.2, 0.25) is 0 Å². The molecule has 7 heteroatoms. The van der Waals surface area contributed by atoms with Gasteiger partial charge in [0.2, 0.25) is 10.0 Å². The summed E-state index contributed by atoms with van der Waals surface area (Å²) in [7, 11) is -2.12. The van der Waals surface area contributed by atoms with Gasteiger partial charge in [-0.05, 0) is 46.9 Å². The van der Waals surface area contributed by atoms with Gasteiger partial charge in [0.25, 0.3) is 0 Å². The number of rotatable bonds is 6. The molecule has 0 saturated heterocycles. The molecule has 0 aliphatic carbocycles. The van der Waals surface area contributed by atoms with Crippen molar-refractivity contribution in [1.82, 2.24) is 4.72 Å². The van der Waals surface area contributed by atoms with Crippen LogP contribution in [0, 0.1) is 3.57 Å². The van der Waals surface area contributed by atoms with E-state index >= 15 is 0 Å². The second kappa shape index (κ2) is 6.64. The van der Waals surface area contributed by atoms with Crippen molar-refractivity contribution in [3.05, 3.63) is 27.8 Å². The third kappa shape index (κ3) is 4.88. The first-order valence-corrected chi connectivity index (χ1v) is 7.44. The van der Waals surface area contributed by atoms with Crippen LogP contribution in [0.4, 0.5) is 0 Å². The number of halogens is 1. The quantitative estimate of drug-likeness (QED) is 0.718. The van der Waals surface area contributed by atoms with Crippen LogP contribution < -0.4 is 4.72 Å². The highest BCUT2D eigenvalue weighted by molar-refractivity contribution is 14.1. The van der Waals surface area contributed by atoms with Gasteiger partial charge in [-0.1, -0.05) is 0 Å². The van der Waals surface area contributed by atoms with Crippen LogP contribution in [0.5, 0.6) is 0 Å². The Labute approximate surface area is 114 Å². The van der Waals surface area contributed by atoms with Gasteiger partial charge in [0.15, 0.2) is 0 Å². The second-order valence-electron chi connectivity index (χ2n) is 3.41. The van der Waals surface area contributed by atoms with Gasteiger partial charge in [-0.2, -0.15) is 0 Å². The molecule has 2 N–H and O–H groups in total. The summed E-state index contributed by atoms with van der Waals surface area (Å²) in [6.07, 6.45) is -0.848. The Morgan fingerprint density at radius 3 is 2.53 bits per heavy atom. The number of methoxy groups -OCH3 is 1. The van der Waals surface area contributed by atoms with Gasteiger partial charge in [-0.25, -0.2) is 13.1 Å². The highest BCUT2D eigenvalue weighted by atomic mass is 127. The maximum atomic E-state index is 11.8. The maximum absolute atomic E-state index is 11.8. The van der Waals surface area contributed by atoms with E-state index in [9.17, 15) is 13.5 Å². The number of sulfonamides is 1. The Bertz CT molecular complexity index is 446. The minimum absolute atomic E-state index is 0.0673. The minimum atomic E-state index is -3.56. The average Bonchev–Trinajstić information content (AvgIpc) is 2.28. The molecule has 1 aromatic rings. The molecule has 96 valence electrons. The van der Waals surface area contributed by atoms with Crippen molar-refractivity contribution in [3.8, 4) is 0 Å². The van der Waals surface area contributed by atoms with E-state index in [0.717, 1.165) is 3.57 Å². The lowest BCUT2D eigenvalue weighted by atomic mass is 10.4. The summed E-state index contributed by atoms with van der Waals surface area (Å²) in [6, 6.07) is 6.46. The molecule has 0 radical (unpaired) electrons. The molecule has 0 saturated carbocycles. The number of ether oxygens (including phenoxy) is 1. The van der Waals surface area contributed by atoms with Gasteiger partial charge in [-0.15, -0.1) is 0 Å². The van der Waals surface area contributed by atoms with Crippen molar-refractivity contribution in [1.29, 1.82) is 0 Å².